The molecular formula is C10H12BrNO4S. The molecule has 0 aromatic carbocycles. The second kappa shape index (κ2) is 6.13. The molecule has 1 unspecified atom stereocenters. The van der Waals surface area contributed by atoms with Crippen LogP contribution in [0.1, 0.15) is 15.2 Å². The fraction of sp³-hybridized carbons (Fsp3) is 0.400. The minimum atomic E-state index is -1.12. The second-order valence-corrected chi connectivity index (χ2v) is 5.76. The summed E-state index contributed by atoms with van der Waals surface area (Å²) in [6.07, 6.45) is 0. The molecule has 0 aliphatic rings. The molecule has 17 heavy (non-hydrogen) atoms. The molecule has 0 spiro atoms. The minimum absolute atomic E-state index is 0.0629. The van der Waals surface area contributed by atoms with Gasteiger partial charge in [-0.25, -0.2) is 4.79 Å². The number of rotatable bonds is 5. The Morgan fingerprint density at radius 3 is 2.71 bits per heavy atom. The summed E-state index contributed by atoms with van der Waals surface area (Å²) in [6.45, 7) is 1.80. The standard InChI is InChI=1S/C10H12BrNO4S/c1-5-3-7(17-8(5)11)9(13)12-6(4-16-2)10(14)15/h3,6H,4H2,1-2H3,(H,12,13)(H,14,15). The van der Waals surface area contributed by atoms with Gasteiger partial charge in [-0.1, -0.05) is 0 Å². The molecule has 1 rings (SSSR count). The number of aliphatic carboxylic acids is 1. The molecule has 1 amide bonds. The summed E-state index contributed by atoms with van der Waals surface area (Å²) in [7, 11) is 1.38. The van der Waals surface area contributed by atoms with Crippen molar-refractivity contribution in [3.8, 4) is 0 Å². The van der Waals surface area contributed by atoms with Gasteiger partial charge in [-0.05, 0) is 34.5 Å². The maximum absolute atomic E-state index is 11.8. The summed E-state index contributed by atoms with van der Waals surface area (Å²) in [5.74, 6) is -1.53. The van der Waals surface area contributed by atoms with Gasteiger partial charge >= 0.3 is 5.97 Å². The smallest absolute Gasteiger partial charge is 0.328 e. The van der Waals surface area contributed by atoms with Crippen LogP contribution in [0, 0.1) is 6.92 Å². The number of hydrogen-bond acceptors (Lipinski definition) is 4. The number of carboxylic acid groups (broad SMARTS) is 1. The summed E-state index contributed by atoms with van der Waals surface area (Å²) in [5.41, 5.74) is 0.943. The molecule has 1 atom stereocenters. The lowest BCUT2D eigenvalue weighted by Crippen LogP contribution is -2.43. The average Bonchev–Trinajstić information content (AvgIpc) is 2.58. The van der Waals surface area contributed by atoms with Gasteiger partial charge in [0, 0.05) is 7.11 Å². The molecule has 0 bridgehead atoms. The monoisotopic (exact) mass is 321 g/mol. The SMILES string of the molecule is COCC(NC(=O)c1cc(C)c(Br)s1)C(=O)O. The van der Waals surface area contributed by atoms with Gasteiger partial charge in [0.15, 0.2) is 6.04 Å². The quantitative estimate of drug-likeness (QED) is 0.864. The molecule has 0 saturated heterocycles. The fourth-order valence-electron chi connectivity index (χ4n) is 1.14. The number of carbonyl (C=O) groups excluding carboxylic acids is 1. The fourth-order valence-corrected chi connectivity index (χ4v) is 2.58. The molecule has 0 fully saturated rings. The Hall–Kier alpha value is -0.920. The second-order valence-electron chi connectivity index (χ2n) is 3.39. The average molecular weight is 322 g/mol. The topological polar surface area (TPSA) is 75.6 Å². The van der Waals surface area contributed by atoms with Crippen LogP contribution in [-0.4, -0.2) is 36.7 Å². The van der Waals surface area contributed by atoms with Gasteiger partial charge in [0.05, 0.1) is 15.3 Å². The van der Waals surface area contributed by atoms with Crippen molar-refractivity contribution in [3.63, 3.8) is 0 Å². The molecular weight excluding hydrogens is 310 g/mol. The van der Waals surface area contributed by atoms with Crippen LogP contribution in [0.4, 0.5) is 0 Å². The van der Waals surface area contributed by atoms with Crippen molar-refractivity contribution in [1.82, 2.24) is 5.32 Å². The molecule has 0 aliphatic heterocycles. The van der Waals surface area contributed by atoms with E-state index < -0.39 is 17.9 Å². The van der Waals surface area contributed by atoms with Gasteiger partial charge in [-0.2, -0.15) is 0 Å². The van der Waals surface area contributed by atoms with Crippen molar-refractivity contribution < 1.29 is 19.4 Å². The minimum Gasteiger partial charge on any atom is -0.480 e. The highest BCUT2D eigenvalue weighted by molar-refractivity contribution is 9.11. The Morgan fingerprint density at radius 2 is 2.29 bits per heavy atom. The number of methoxy groups -OCH3 is 1. The van der Waals surface area contributed by atoms with E-state index in [4.69, 9.17) is 9.84 Å². The van der Waals surface area contributed by atoms with Crippen LogP contribution < -0.4 is 5.32 Å². The first-order valence-electron chi connectivity index (χ1n) is 4.74. The Labute approximate surface area is 111 Å². The van der Waals surface area contributed by atoms with Crippen LogP contribution in [-0.2, 0) is 9.53 Å². The number of aryl methyl sites for hydroxylation is 1. The zero-order chi connectivity index (χ0) is 13.0. The molecule has 5 nitrogen and oxygen atoms in total. The number of nitrogens with one attached hydrogen (secondary N) is 1. The normalized spacial score (nSPS) is 12.2. The lowest BCUT2D eigenvalue weighted by molar-refractivity contribution is -0.140. The summed E-state index contributed by atoms with van der Waals surface area (Å²) in [5, 5.41) is 11.3. The van der Waals surface area contributed by atoms with Crippen LogP contribution in [0.15, 0.2) is 9.85 Å². The lowest BCUT2D eigenvalue weighted by Gasteiger charge is -2.12. The molecule has 0 radical (unpaired) electrons. The first kappa shape index (κ1) is 14.1. The van der Waals surface area contributed by atoms with Gasteiger partial charge in [-0.3, -0.25) is 4.79 Å². The first-order chi connectivity index (χ1) is 7.95. The van der Waals surface area contributed by atoms with E-state index in [1.165, 1.54) is 18.4 Å². The molecule has 7 heteroatoms. The third-order valence-corrected chi connectivity index (χ3v) is 4.15. The Kier molecular flexibility index (Phi) is 5.10. The van der Waals surface area contributed by atoms with Crippen molar-refractivity contribution in [2.45, 2.75) is 13.0 Å². The third kappa shape index (κ3) is 3.79. The molecule has 1 heterocycles. The number of halogens is 1. The number of carboxylic acids is 1. The number of thiophene rings is 1. The van der Waals surface area contributed by atoms with E-state index in [0.29, 0.717) is 4.88 Å². The van der Waals surface area contributed by atoms with Crippen molar-refractivity contribution in [1.29, 1.82) is 0 Å². The van der Waals surface area contributed by atoms with Crippen LogP contribution in [0.5, 0.6) is 0 Å². The van der Waals surface area contributed by atoms with E-state index in [9.17, 15) is 9.59 Å². The maximum Gasteiger partial charge on any atom is 0.328 e. The van der Waals surface area contributed by atoms with Gasteiger partial charge < -0.3 is 15.2 Å². The number of hydrogen-bond donors (Lipinski definition) is 2. The van der Waals surface area contributed by atoms with E-state index in [2.05, 4.69) is 21.2 Å². The van der Waals surface area contributed by atoms with Gasteiger partial charge in [-0.15, -0.1) is 11.3 Å². The Balaban J connectivity index is 2.73. The largest absolute Gasteiger partial charge is 0.480 e. The highest BCUT2D eigenvalue weighted by Gasteiger charge is 2.21. The van der Waals surface area contributed by atoms with Gasteiger partial charge in [0.2, 0.25) is 0 Å². The van der Waals surface area contributed by atoms with Gasteiger partial charge in [0.25, 0.3) is 5.91 Å². The highest BCUT2D eigenvalue weighted by Crippen LogP contribution is 2.27. The summed E-state index contributed by atoms with van der Waals surface area (Å²) >= 11 is 4.57. The van der Waals surface area contributed by atoms with Crippen molar-refractivity contribution in [2.75, 3.05) is 13.7 Å². The molecule has 1 aromatic rings. The van der Waals surface area contributed by atoms with Crippen molar-refractivity contribution >= 4 is 39.1 Å². The first-order valence-corrected chi connectivity index (χ1v) is 6.35. The van der Waals surface area contributed by atoms with E-state index >= 15 is 0 Å². The molecule has 94 valence electrons. The van der Waals surface area contributed by atoms with Crippen molar-refractivity contribution in [3.05, 3.63) is 20.3 Å². The lowest BCUT2D eigenvalue weighted by atomic mass is 10.3. The zero-order valence-corrected chi connectivity index (χ0v) is 11.7. The number of ether oxygens (including phenoxy) is 1. The molecule has 2 N–H and O–H groups in total. The Morgan fingerprint density at radius 1 is 1.65 bits per heavy atom. The zero-order valence-electron chi connectivity index (χ0n) is 9.32. The number of carbonyl (C=O) groups is 2. The van der Waals surface area contributed by atoms with Gasteiger partial charge in [0.1, 0.15) is 0 Å². The van der Waals surface area contributed by atoms with Crippen LogP contribution >= 0.6 is 27.3 Å². The summed E-state index contributed by atoms with van der Waals surface area (Å²) in [6, 6.07) is 0.671. The highest BCUT2D eigenvalue weighted by atomic mass is 79.9. The van der Waals surface area contributed by atoms with E-state index in [0.717, 1.165) is 9.35 Å². The van der Waals surface area contributed by atoms with Crippen molar-refractivity contribution in [2.24, 2.45) is 0 Å². The summed E-state index contributed by atoms with van der Waals surface area (Å²) < 4.78 is 5.59. The molecule has 1 aromatic heterocycles. The molecule has 0 saturated carbocycles. The van der Waals surface area contributed by atoms with E-state index in [-0.39, 0.29) is 6.61 Å². The maximum atomic E-state index is 11.8. The number of amides is 1. The van der Waals surface area contributed by atoms with E-state index in [1.807, 2.05) is 6.92 Å². The van der Waals surface area contributed by atoms with Crippen LogP contribution in [0.25, 0.3) is 0 Å². The predicted octanol–water partition coefficient (Wildman–Crippen LogP) is 1.65. The predicted molar refractivity (Wildman–Crippen MR) is 67.5 cm³/mol. The van der Waals surface area contributed by atoms with E-state index in [1.54, 1.807) is 6.07 Å². The summed E-state index contributed by atoms with van der Waals surface area (Å²) in [4.78, 5) is 23.1. The third-order valence-electron chi connectivity index (χ3n) is 2.02. The van der Waals surface area contributed by atoms with Crippen LogP contribution in [0.2, 0.25) is 0 Å². The van der Waals surface area contributed by atoms with Crippen LogP contribution in [0.3, 0.4) is 0 Å². The Bertz CT molecular complexity index is 412. The molecule has 0 aliphatic carbocycles.